The lowest BCUT2D eigenvalue weighted by atomic mass is 9.91. The van der Waals surface area contributed by atoms with Crippen LogP contribution >= 0.6 is 0 Å². The van der Waals surface area contributed by atoms with Gasteiger partial charge in [-0.25, -0.2) is 4.39 Å². The molecular formula is C17H13FO3. The summed E-state index contributed by atoms with van der Waals surface area (Å²) in [5.41, 5.74) is 2.83. The van der Waals surface area contributed by atoms with Crippen LogP contribution in [0.15, 0.2) is 48.0 Å². The van der Waals surface area contributed by atoms with Gasteiger partial charge in [-0.15, -0.1) is 0 Å². The minimum Gasteiger partial charge on any atom is -0.497 e. The molecule has 0 aromatic heterocycles. The average molecular weight is 284 g/mol. The number of halogens is 1. The predicted octanol–water partition coefficient (Wildman–Crippen LogP) is 3.23. The van der Waals surface area contributed by atoms with Gasteiger partial charge in [-0.2, -0.15) is 0 Å². The lowest BCUT2D eigenvalue weighted by Crippen LogP contribution is -2.13. The van der Waals surface area contributed by atoms with Crippen LogP contribution in [0.3, 0.4) is 0 Å². The quantitative estimate of drug-likeness (QED) is 0.812. The number of fused-ring (bicyclic) bond motifs is 1. The number of rotatable bonds is 3. The Labute approximate surface area is 121 Å². The summed E-state index contributed by atoms with van der Waals surface area (Å²) < 4.78 is 23.9. The normalized spacial score (nSPS) is 13.4. The molecule has 0 atom stereocenters. The fourth-order valence-corrected chi connectivity index (χ4v) is 2.41. The van der Waals surface area contributed by atoms with Crippen LogP contribution in [-0.4, -0.2) is 20.0 Å². The molecule has 21 heavy (non-hydrogen) atoms. The van der Waals surface area contributed by atoms with Crippen LogP contribution in [0.5, 0.6) is 11.5 Å². The molecule has 0 amide bonds. The molecule has 3 nitrogen and oxygen atoms in total. The van der Waals surface area contributed by atoms with E-state index in [4.69, 9.17) is 9.47 Å². The van der Waals surface area contributed by atoms with E-state index in [1.165, 1.54) is 12.1 Å². The molecule has 1 aliphatic rings. The van der Waals surface area contributed by atoms with Gasteiger partial charge in [0.2, 0.25) is 0 Å². The van der Waals surface area contributed by atoms with Gasteiger partial charge in [0.1, 0.15) is 30.2 Å². The first-order chi connectivity index (χ1) is 10.2. The van der Waals surface area contributed by atoms with E-state index in [1.54, 1.807) is 31.4 Å². The molecule has 0 bridgehead atoms. The number of ether oxygens (including phenoxy) is 2. The van der Waals surface area contributed by atoms with Gasteiger partial charge in [0.15, 0.2) is 0 Å². The van der Waals surface area contributed by atoms with Gasteiger partial charge < -0.3 is 9.47 Å². The zero-order valence-electron chi connectivity index (χ0n) is 11.4. The molecule has 4 heteroatoms. The highest BCUT2D eigenvalue weighted by molar-refractivity contribution is 5.97. The number of carbonyl (C=O) groups excluding carboxylic acids is 1. The topological polar surface area (TPSA) is 35.5 Å². The summed E-state index contributed by atoms with van der Waals surface area (Å²) in [4.78, 5) is 11.3. The van der Waals surface area contributed by atoms with E-state index in [9.17, 15) is 9.18 Å². The smallest absolute Gasteiger partial charge is 0.150 e. The highest BCUT2D eigenvalue weighted by Crippen LogP contribution is 2.38. The van der Waals surface area contributed by atoms with Crippen molar-refractivity contribution in [3.05, 3.63) is 65.0 Å². The van der Waals surface area contributed by atoms with Gasteiger partial charge in [0, 0.05) is 16.7 Å². The number of hydrogen-bond acceptors (Lipinski definition) is 3. The second-order valence-corrected chi connectivity index (χ2v) is 4.68. The van der Waals surface area contributed by atoms with Gasteiger partial charge in [-0.3, -0.25) is 4.79 Å². The first-order valence-corrected chi connectivity index (χ1v) is 6.48. The minimum absolute atomic E-state index is 0.204. The van der Waals surface area contributed by atoms with E-state index in [-0.39, 0.29) is 12.4 Å². The van der Waals surface area contributed by atoms with Crippen molar-refractivity contribution < 1.29 is 18.7 Å². The van der Waals surface area contributed by atoms with Crippen molar-refractivity contribution in [2.45, 2.75) is 0 Å². The summed E-state index contributed by atoms with van der Waals surface area (Å²) in [6.45, 7) is 0.204. The van der Waals surface area contributed by atoms with Crippen LogP contribution in [0.4, 0.5) is 4.39 Å². The van der Waals surface area contributed by atoms with E-state index in [0.29, 0.717) is 17.1 Å². The largest absolute Gasteiger partial charge is 0.497 e. The lowest BCUT2D eigenvalue weighted by molar-refractivity contribution is -0.105. The number of methoxy groups -OCH3 is 1. The Kier molecular flexibility index (Phi) is 3.44. The summed E-state index contributed by atoms with van der Waals surface area (Å²) >= 11 is 0. The van der Waals surface area contributed by atoms with E-state index in [2.05, 4.69) is 0 Å². The summed E-state index contributed by atoms with van der Waals surface area (Å²) in [7, 11) is 1.58. The second-order valence-electron chi connectivity index (χ2n) is 4.68. The third-order valence-electron chi connectivity index (χ3n) is 3.44. The fraction of sp³-hybridized carbons (Fsp3) is 0.118. The van der Waals surface area contributed by atoms with Crippen molar-refractivity contribution in [1.29, 1.82) is 0 Å². The molecule has 0 unspecified atom stereocenters. The molecule has 106 valence electrons. The maximum absolute atomic E-state index is 13.1. The third-order valence-corrected chi connectivity index (χ3v) is 3.44. The Bertz CT molecular complexity index is 717. The molecule has 0 saturated heterocycles. The first kappa shape index (κ1) is 13.4. The summed E-state index contributed by atoms with van der Waals surface area (Å²) in [5, 5.41) is 0. The van der Waals surface area contributed by atoms with Crippen molar-refractivity contribution in [3.63, 3.8) is 0 Å². The SMILES string of the molecule is COc1ccc2c(c1)C(c1ccc(F)cc1)=C(C=O)CO2. The summed E-state index contributed by atoms with van der Waals surface area (Å²) in [6, 6.07) is 11.5. The summed E-state index contributed by atoms with van der Waals surface area (Å²) in [6.07, 6.45) is 0.779. The highest BCUT2D eigenvalue weighted by atomic mass is 19.1. The molecule has 1 aliphatic heterocycles. The van der Waals surface area contributed by atoms with Gasteiger partial charge in [-0.05, 0) is 35.9 Å². The zero-order chi connectivity index (χ0) is 14.8. The Morgan fingerprint density at radius 3 is 2.62 bits per heavy atom. The van der Waals surface area contributed by atoms with Crippen LogP contribution in [0, 0.1) is 5.82 Å². The van der Waals surface area contributed by atoms with Crippen molar-refractivity contribution in [2.24, 2.45) is 0 Å². The Morgan fingerprint density at radius 2 is 1.95 bits per heavy atom. The summed E-state index contributed by atoms with van der Waals surface area (Å²) in [5.74, 6) is 1.04. The minimum atomic E-state index is -0.315. The maximum atomic E-state index is 13.1. The Hall–Kier alpha value is -2.62. The third kappa shape index (κ3) is 2.40. The maximum Gasteiger partial charge on any atom is 0.150 e. The lowest BCUT2D eigenvalue weighted by Gasteiger charge is -2.22. The molecule has 0 radical (unpaired) electrons. The number of hydrogen-bond donors (Lipinski definition) is 0. The van der Waals surface area contributed by atoms with Crippen molar-refractivity contribution in [3.8, 4) is 11.5 Å². The molecule has 1 heterocycles. The molecule has 0 fully saturated rings. The highest BCUT2D eigenvalue weighted by Gasteiger charge is 2.22. The average Bonchev–Trinajstić information content (AvgIpc) is 2.54. The monoisotopic (exact) mass is 284 g/mol. The molecule has 0 N–H and O–H groups in total. The van der Waals surface area contributed by atoms with Gasteiger partial charge in [0.05, 0.1) is 7.11 Å². The van der Waals surface area contributed by atoms with Crippen LogP contribution in [-0.2, 0) is 4.79 Å². The molecule has 2 aromatic carbocycles. The molecule has 0 spiro atoms. The van der Waals surface area contributed by atoms with Crippen molar-refractivity contribution in [1.82, 2.24) is 0 Å². The molecule has 2 aromatic rings. The van der Waals surface area contributed by atoms with Gasteiger partial charge >= 0.3 is 0 Å². The number of carbonyl (C=O) groups is 1. The van der Waals surface area contributed by atoms with Crippen LogP contribution in [0.25, 0.3) is 5.57 Å². The van der Waals surface area contributed by atoms with Gasteiger partial charge in [-0.1, -0.05) is 12.1 Å². The molecule has 0 saturated carbocycles. The van der Waals surface area contributed by atoms with E-state index in [1.807, 2.05) is 6.07 Å². The fourth-order valence-electron chi connectivity index (χ4n) is 2.41. The molecule has 0 aliphatic carbocycles. The first-order valence-electron chi connectivity index (χ1n) is 6.48. The van der Waals surface area contributed by atoms with E-state index in [0.717, 1.165) is 23.0 Å². The number of aldehydes is 1. The van der Waals surface area contributed by atoms with Crippen molar-refractivity contribution in [2.75, 3.05) is 13.7 Å². The van der Waals surface area contributed by atoms with Crippen LogP contribution < -0.4 is 9.47 Å². The standard InChI is InChI=1S/C17H13FO3/c1-20-14-6-7-16-15(8-14)17(12(9-19)10-21-16)11-2-4-13(18)5-3-11/h2-9H,10H2,1H3. The number of benzene rings is 2. The van der Waals surface area contributed by atoms with E-state index >= 15 is 0 Å². The molecule has 3 rings (SSSR count). The Balaban J connectivity index is 2.21. The van der Waals surface area contributed by atoms with Crippen LogP contribution in [0.1, 0.15) is 11.1 Å². The predicted molar refractivity (Wildman–Crippen MR) is 77.0 cm³/mol. The van der Waals surface area contributed by atoms with Gasteiger partial charge in [0.25, 0.3) is 0 Å². The Morgan fingerprint density at radius 1 is 1.19 bits per heavy atom. The van der Waals surface area contributed by atoms with Crippen molar-refractivity contribution >= 4 is 11.9 Å². The van der Waals surface area contributed by atoms with Crippen LogP contribution in [0.2, 0.25) is 0 Å². The second kappa shape index (κ2) is 5.40. The van der Waals surface area contributed by atoms with E-state index < -0.39 is 0 Å². The zero-order valence-corrected chi connectivity index (χ0v) is 11.4. The molecular weight excluding hydrogens is 271 g/mol.